The van der Waals surface area contributed by atoms with Gasteiger partial charge in [0, 0.05) is 44.9 Å². The number of nitro benzene ring substituents is 1. The Morgan fingerprint density at radius 3 is 2.59 bits per heavy atom. The van der Waals surface area contributed by atoms with Crippen molar-refractivity contribution in [3.63, 3.8) is 0 Å². The van der Waals surface area contributed by atoms with Crippen molar-refractivity contribution >= 4 is 17.7 Å². The first kappa shape index (κ1) is 20.2. The van der Waals surface area contributed by atoms with Gasteiger partial charge in [0.05, 0.1) is 22.1 Å². The monoisotopic (exact) mass is 390 g/mol. The van der Waals surface area contributed by atoms with Crippen LogP contribution < -0.4 is 0 Å². The summed E-state index contributed by atoms with van der Waals surface area (Å²) in [6.07, 6.45) is 3.79. The average molecular weight is 390 g/mol. The zero-order valence-corrected chi connectivity index (χ0v) is 16.0. The van der Waals surface area contributed by atoms with Crippen LogP contribution in [-0.2, 0) is 11.3 Å². The molecule has 1 heterocycles. The smallest absolute Gasteiger partial charge is 0.276 e. The summed E-state index contributed by atoms with van der Waals surface area (Å²) in [6.45, 7) is 3.68. The highest BCUT2D eigenvalue weighted by atomic mass is 16.6. The average Bonchev–Trinajstić information content (AvgIpc) is 2.98. The normalized spacial score (nSPS) is 15.1. The number of hydrogen-bond donors (Lipinski definition) is 0. The minimum Gasteiger partial charge on any atom is -0.338 e. The van der Waals surface area contributed by atoms with Crippen LogP contribution in [0, 0.1) is 21.4 Å². The van der Waals surface area contributed by atoms with Gasteiger partial charge in [-0.3, -0.25) is 19.8 Å². The summed E-state index contributed by atoms with van der Waals surface area (Å²) >= 11 is 0. The maximum Gasteiger partial charge on any atom is 0.276 e. The highest BCUT2D eigenvalue weighted by Crippen LogP contribution is 2.19. The molecule has 0 atom stereocenters. The Balaban J connectivity index is 1.58. The van der Waals surface area contributed by atoms with Crippen LogP contribution in [-0.4, -0.2) is 46.8 Å². The van der Waals surface area contributed by atoms with Crippen molar-refractivity contribution in [2.24, 2.45) is 0 Å². The Kier molecular flexibility index (Phi) is 6.72. The third-order valence-corrected chi connectivity index (χ3v) is 4.93. The molecule has 7 heteroatoms. The van der Waals surface area contributed by atoms with Gasteiger partial charge in [0.2, 0.25) is 5.91 Å². The number of carbonyl (C=O) groups is 1. The third kappa shape index (κ3) is 5.50. The van der Waals surface area contributed by atoms with E-state index in [4.69, 9.17) is 5.26 Å². The SMILES string of the molecule is N#Cc1ccc(CN2CCCN(C(=O)/C=C/c3ccccc3[N+](=O)[O-])CC2)cc1. The molecule has 0 spiro atoms. The molecule has 0 radical (unpaired) electrons. The number of rotatable bonds is 5. The zero-order chi connectivity index (χ0) is 20.6. The number of carbonyl (C=O) groups excluding carboxylic acids is 1. The summed E-state index contributed by atoms with van der Waals surface area (Å²) < 4.78 is 0. The summed E-state index contributed by atoms with van der Waals surface area (Å²) in [5.74, 6) is -0.136. The van der Waals surface area contributed by atoms with Gasteiger partial charge in [-0.2, -0.15) is 5.26 Å². The minimum atomic E-state index is -0.447. The van der Waals surface area contributed by atoms with Gasteiger partial charge >= 0.3 is 0 Å². The lowest BCUT2D eigenvalue weighted by Gasteiger charge is -2.21. The van der Waals surface area contributed by atoms with E-state index < -0.39 is 4.92 Å². The van der Waals surface area contributed by atoms with Crippen LogP contribution in [0.2, 0.25) is 0 Å². The topological polar surface area (TPSA) is 90.5 Å². The van der Waals surface area contributed by atoms with Gasteiger partial charge in [0.15, 0.2) is 0 Å². The molecular weight excluding hydrogens is 368 g/mol. The van der Waals surface area contributed by atoms with Gasteiger partial charge < -0.3 is 4.90 Å². The molecule has 1 amide bonds. The Morgan fingerprint density at radius 2 is 1.86 bits per heavy atom. The minimum absolute atomic E-state index is 0.0130. The van der Waals surface area contributed by atoms with E-state index in [0.717, 1.165) is 31.6 Å². The second kappa shape index (κ2) is 9.62. The van der Waals surface area contributed by atoms with E-state index in [2.05, 4.69) is 11.0 Å². The highest BCUT2D eigenvalue weighted by Gasteiger charge is 2.18. The van der Waals surface area contributed by atoms with E-state index in [9.17, 15) is 14.9 Å². The van der Waals surface area contributed by atoms with Crippen LogP contribution >= 0.6 is 0 Å². The standard InChI is InChI=1S/C22H22N4O3/c23-16-18-6-8-19(9-7-18)17-24-12-3-13-25(15-14-24)22(27)11-10-20-4-1-2-5-21(20)26(28)29/h1-2,4-11H,3,12-15,17H2/b11-10+. The summed E-state index contributed by atoms with van der Waals surface area (Å²) in [5.41, 5.74) is 2.19. The summed E-state index contributed by atoms with van der Waals surface area (Å²) in [4.78, 5) is 27.3. The van der Waals surface area contributed by atoms with Gasteiger partial charge in [0.25, 0.3) is 5.69 Å². The molecule has 0 N–H and O–H groups in total. The lowest BCUT2D eigenvalue weighted by molar-refractivity contribution is -0.385. The molecule has 3 rings (SSSR count). The van der Waals surface area contributed by atoms with Crippen molar-refractivity contribution in [2.45, 2.75) is 13.0 Å². The number of hydrogen-bond acceptors (Lipinski definition) is 5. The number of benzene rings is 2. The predicted molar refractivity (Wildman–Crippen MR) is 110 cm³/mol. The van der Waals surface area contributed by atoms with Crippen LogP contribution in [0.4, 0.5) is 5.69 Å². The number of nitrogens with zero attached hydrogens (tertiary/aromatic N) is 4. The first-order valence-corrected chi connectivity index (χ1v) is 9.48. The van der Waals surface area contributed by atoms with Gasteiger partial charge in [-0.1, -0.05) is 24.3 Å². The van der Waals surface area contributed by atoms with Gasteiger partial charge in [-0.15, -0.1) is 0 Å². The summed E-state index contributed by atoms with van der Waals surface area (Å²) in [5, 5.41) is 20.0. The fraction of sp³-hybridized carbons (Fsp3) is 0.273. The van der Waals surface area contributed by atoms with E-state index in [1.165, 1.54) is 18.2 Å². The van der Waals surface area contributed by atoms with Crippen molar-refractivity contribution in [3.8, 4) is 6.07 Å². The highest BCUT2D eigenvalue weighted by molar-refractivity contribution is 5.92. The molecule has 0 unspecified atom stereocenters. The van der Waals surface area contributed by atoms with E-state index in [1.54, 1.807) is 23.1 Å². The van der Waals surface area contributed by atoms with Crippen LogP contribution in [0.5, 0.6) is 0 Å². The van der Waals surface area contributed by atoms with E-state index in [-0.39, 0.29) is 11.6 Å². The molecule has 0 aliphatic carbocycles. The lowest BCUT2D eigenvalue weighted by Crippen LogP contribution is -2.34. The maximum absolute atomic E-state index is 12.6. The summed E-state index contributed by atoms with van der Waals surface area (Å²) in [6, 6.07) is 16.0. The Morgan fingerprint density at radius 1 is 1.10 bits per heavy atom. The molecule has 1 fully saturated rings. The Hall–Kier alpha value is -3.50. The second-order valence-electron chi connectivity index (χ2n) is 6.91. The molecular formula is C22H22N4O3. The number of nitro groups is 1. The first-order chi connectivity index (χ1) is 14.1. The molecule has 0 saturated carbocycles. The number of nitriles is 1. The molecule has 1 saturated heterocycles. The van der Waals surface area contributed by atoms with Crippen LogP contribution in [0.3, 0.4) is 0 Å². The van der Waals surface area contributed by atoms with E-state index in [1.807, 2.05) is 24.3 Å². The van der Waals surface area contributed by atoms with Crippen LogP contribution in [0.1, 0.15) is 23.1 Å². The van der Waals surface area contributed by atoms with Crippen molar-refractivity contribution in [1.82, 2.24) is 9.80 Å². The Bertz CT molecular complexity index is 947. The fourth-order valence-electron chi connectivity index (χ4n) is 3.35. The molecule has 1 aliphatic rings. The molecule has 29 heavy (non-hydrogen) atoms. The molecule has 1 aliphatic heterocycles. The summed E-state index contributed by atoms with van der Waals surface area (Å²) in [7, 11) is 0. The Labute approximate surface area is 169 Å². The predicted octanol–water partition coefficient (Wildman–Crippen LogP) is 3.21. The molecule has 7 nitrogen and oxygen atoms in total. The number of amides is 1. The van der Waals surface area contributed by atoms with Crippen molar-refractivity contribution in [1.29, 1.82) is 5.26 Å². The lowest BCUT2D eigenvalue weighted by atomic mass is 10.1. The van der Waals surface area contributed by atoms with Gasteiger partial charge in [-0.05, 0) is 36.3 Å². The molecule has 0 bridgehead atoms. The third-order valence-electron chi connectivity index (χ3n) is 4.93. The van der Waals surface area contributed by atoms with Crippen LogP contribution in [0.25, 0.3) is 6.08 Å². The molecule has 0 aromatic heterocycles. The fourth-order valence-corrected chi connectivity index (χ4v) is 3.35. The first-order valence-electron chi connectivity index (χ1n) is 9.48. The van der Waals surface area contributed by atoms with Crippen molar-refractivity contribution < 1.29 is 9.72 Å². The quantitative estimate of drug-likeness (QED) is 0.444. The molecule has 148 valence electrons. The van der Waals surface area contributed by atoms with Crippen molar-refractivity contribution in [2.75, 3.05) is 26.2 Å². The van der Waals surface area contributed by atoms with Gasteiger partial charge in [-0.25, -0.2) is 0 Å². The molecule has 2 aromatic carbocycles. The largest absolute Gasteiger partial charge is 0.338 e. The van der Waals surface area contributed by atoms with Crippen LogP contribution in [0.15, 0.2) is 54.6 Å². The second-order valence-corrected chi connectivity index (χ2v) is 6.91. The van der Waals surface area contributed by atoms with Crippen molar-refractivity contribution in [3.05, 3.63) is 81.4 Å². The maximum atomic E-state index is 12.6. The molecule has 2 aromatic rings. The van der Waals surface area contributed by atoms with E-state index >= 15 is 0 Å². The zero-order valence-electron chi connectivity index (χ0n) is 16.0. The van der Waals surface area contributed by atoms with Gasteiger partial charge in [0.1, 0.15) is 0 Å². The number of para-hydroxylation sites is 1. The van der Waals surface area contributed by atoms with E-state index in [0.29, 0.717) is 24.2 Å².